The van der Waals surface area contributed by atoms with E-state index in [2.05, 4.69) is 5.32 Å². The minimum Gasteiger partial charge on any atom is -0.496 e. The second-order valence-electron chi connectivity index (χ2n) is 8.71. The highest BCUT2D eigenvalue weighted by atomic mass is 19.1. The molecule has 2 aromatic carbocycles. The molecule has 0 bridgehead atoms. The molecule has 0 radical (unpaired) electrons. The molecule has 178 valence electrons. The van der Waals surface area contributed by atoms with E-state index >= 15 is 0 Å². The lowest BCUT2D eigenvalue weighted by molar-refractivity contribution is -0.131. The van der Waals surface area contributed by atoms with Crippen LogP contribution >= 0.6 is 0 Å². The summed E-state index contributed by atoms with van der Waals surface area (Å²) in [5.41, 5.74) is 4.02. The summed E-state index contributed by atoms with van der Waals surface area (Å²) in [4.78, 5) is 27.7. The lowest BCUT2D eigenvalue weighted by atomic mass is 10.0. The van der Waals surface area contributed by atoms with Gasteiger partial charge >= 0.3 is 0 Å². The van der Waals surface area contributed by atoms with Gasteiger partial charge in [-0.3, -0.25) is 9.59 Å². The largest absolute Gasteiger partial charge is 0.496 e. The number of likely N-dealkylation sites (tertiary alicyclic amines) is 1. The van der Waals surface area contributed by atoms with Crippen molar-refractivity contribution in [2.45, 2.75) is 39.2 Å². The Bertz CT molecular complexity index is 1180. The summed E-state index contributed by atoms with van der Waals surface area (Å²) >= 11 is 0. The normalized spacial score (nSPS) is 14.2. The first-order valence-electron chi connectivity index (χ1n) is 11.5. The summed E-state index contributed by atoms with van der Waals surface area (Å²) in [6.07, 6.45) is 1.72. The van der Waals surface area contributed by atoms with Crippen LogP contribution in [0.25, 0.3) is 5.69 Å². The third-order valence-electron chi connectivity index (χ3n) is 6.48. The van der Waals surface area contributed by atoms with Crippen LogP contribution in [0.4, 0.5) is 4.39 Å². The number of carbonyl (C=O) groups excluding carboxylic acids is 2. The molecular formula is C27H30FN3O3. The van der Waals surface area contributed by atoms with Gasteiger partial charge in [-0.25, -0.2) is 4.39 Å². The number of aryl methyl sites for hydroxylation is 1. The van der Waals surface area contributed by atoms with Crippen LogP contribution in [0.5, 0.6) is 5.75 Å². The number of ether oxygens (including phenoxy) is 1. The topological polar surface area (TPSA) is 63.6 Å². The second kappa shape index (κ2) is 10.1. The highest BCUT2D eigenvalue weighted by Crippen LogP contribution is 2.23. The third kappa shape index (κ3) is 4.98. The minimum absolute atomic E-state index is 0.0108. The molecule has 0 atom stereocenters. The Morgan fingerprint density at radius 3 is 2.41 bits per heavy atom. The van der Waals surface area contributed by atoms with E-state index in [4.69, 9.17) is 4.74 Å². The molecule has 2 heterocycles. The predicted octanol–water partition coefficient (Wildman–Crippen LogP) is 4.21. The van der Waals surface area contributed by atoms with Gasteiger partial charge in [0.1, 0.15) is 11.6 Å². The Hall–Kier alpha value is -3.61. The van der Waals surface area contributed by atoms with Crippen molar-refractivity contribution in [1.29, 1.82) is 0 Å². The molecule has 1 saturated heterocycles. The summed E-state index contributed by atoms with van der Waals surface area (Å²) in [7, 11) is 1.61. The molecule has 7 heteroatoms. The van der Waals surface area contributed by atoms with Crippen molar-refractivity contribution in [2.24, 2.45) is 0 Å². The van der Waals surface area contributed by atoms with Crippen molar-refractivity contribution in [3.05, 3.63) is 82.9 Å². The number of para-hydroxylation sites is 1. The molecule has 1 aliphatic heterocycles. The average Bonchev–Trinajstić information content (AvgIpc) is 3.14. The van der Waals surface area contributed by atoms with E-state index in [1.54, 1.807) is 19.2 Å². The maximum absolute atomic E-state index is 13.3. The van der Waals surface area contributed by atoms with E-state index in [9.17, 15) is 14.0 Å². The van der Waals surface area contributed by atoms with E-state index in [1.807, 2.05) is 53.6 Å². The molecule has 1 N–H and O–H groups in total. The van der Waals surface area contributed by atoms with Gasteiger partial charge in [-0.15, -0.1) is 0 Å². The number of nitrogens with one attached hydrogen (secondary N) is 1. The van der Waals surface area contributed by atoms with Gasteiger partial charge in [0.25, 0.3) is 5.91 Å². The van der Waals surface area contributed by atoms with E-state index in [0.29, 0.717) is 37.9 Å². The number of amides is 2. The number of nitrogens with zero attached hydrogens (tertiary/aromatic N) is 2. The molecule has 0 saturated carbocycles. The van der Waals surface area contributed by atoms with Gasteiger partial charge in [0.2, 0.25) is 5.91 Å². The molecule has 6 nitrogen and oxygen atoms in total. The van der Waals surface area contributed by atoms with E-state index in [1.165, 1.54) is 12.1 Å². The van der Waals surface area contributed by atoms with Crippen molar-refractivity contribution in [1.82, 2.24) is 14.8 Å². The Morgan fingerprint density at radius 2 is 1.74 bits per heavy atom. The van der Waals surface area contributed by atoms with Crippen LogP contribution in [0.3, 0.4) is 0 Å². The van der Waals surface area contributed by atoms with Gasteiger partial charge in [0.15, 0.2) is 0 Å². The van der Waals surface area contributed by atoms with Crippen LogP contribution in [-0.2, 0) is 11.2 Å². The second-order valence-corrected chi connectivity index (χ2v) is 8.71. The Kier molecular flexibility index (Phi) is 7.01. The van der Waals surface area contributed by atoms with Crippen LogP contribution < -0.4 is 10.1 Å². The van der Waals surface area contributed by atoms with Gasteiger partial charge in [0.05, 0.1) is 19.1 Å². The Balaban J connectivity index is 1.35. The van der Waals surface area contributed by atoms with Crippen molar-refractivity contribution < 1.29 is 18.7 Å². The van der Waals surface area contributed by atoms with Crippen molar-refractivity contribution in [2.75, 3.05) is 20.2 Å². The van der Waals surface area contributed by atoms with Crippen LogP contribution in [0, 0.1) is 19.7 Å². The monoisotopic (exact) mass is 463 g/mol. The van der Waals surface area contributed by atoms with Crippen LogP contribution in [0.2, 0.25) is 0 Å². The summed E-state index contributed by atoms with van der Waals surface area (Å²) < 4.78 is 20.6. The SMILES string of the molecule is COc1ccccc1CC(=O)N1CCC(NC(=O)c2cc(C)n(-c3ccc(F)cc3)c2C)CC1. The molecule has 2 amide bonds. The maximum Gasteiger partial charge on any atom is 0.253 e. The Labute approximate surface area is 199 Å². The zero-order valence-electron chi connectivity index (χ0n) is 19.8. The predicted molar refractivity (Wildman–Crippen MR) is 129 cm³/mol. The molecule has 0 aliphatic carbocycles. The van der Waals surface area contributed by atoms with Gasteiger partial charge in [-0.1, -0.05) is 18.2 Å². The molecule has 0 spiro atoms. The zero-order chi connectivity index (χ0) is 24.2. The number of hydrogen-bond acceptors (Lipinski definition) is 3. The third-order valence-corrected chi connectivity index (χ3v) is 6.48. The number of piperidine rings is 1. The smallest absolute Gasteiger partial charge is 0.253 e. The first kappa shape index (κ1) is 23.5. The van der Waals surface area contributed by atoms with Gasteiger partial charge in [-0.05, 0) is 63.1 Å². The summed E-state index contributed by atoms with van der Waals surface area (Å²) in [6.45, 7) is 5.03. The van der Waals surface area contributed by atoms with E-state index < -0.39 is 0 Å². The first-order valence-corrected chi connectivity index (χ1v) is 11.5. The molecule has 1 fully saturated rings. The number of halogens is 1. The molecular weight excluding hydrogens is 433 g/mol. The van der Waals surface area contributed by atoms with Crippen molar-refractivity contribution in [3.63, 3.8) is 0 Å². The van der Waals surface area contributed by atoms with E-state index in [0.717, 1.165) is 28.4 Å². The number of benzene rings is 2. The number of carbonyl (C=O) groups is 2. The quantitative estimate of drug-likeness (QED) is 0.596. The number of hydrogen-bond donors (Lipinski definition) is 1. The lowest BCUT2D eigenvalue weighted by Gasteiger charge is -2.32. The van der Waals surface area contributed by atoms with Crippen LogP contribution in [-0.4, -0.2) is 47.5 Å². The maximum atomic E-state index is 13.3. The lowest BCUT2D eigenvalue weighted by Crippen LogP contribution is -2.47. The zero-order valence-corrected chi connectivity index (χ0v) is 19.8. The van der Waals surface area contributed by atoms with E-state index in [-0.39, 0.29) is 23.7 Å². The number of methoxy groups -OCH3 is 1. The first-order chi connectivity index (χ1) is 16.4. The fourth-order valence-electron chi connectivity index (χ4n) is 4.64. The molecule has 4 rings (SSSR count). The highest BCUT2D eigenvalue weighted by molar-refractivity contribution is 5.96. The van der Waals surface area contributed by atoms with Gasteiger partial charge in [-0.2, -0.15) is 0 Å². The van der Waals surface area contributed by atoms with Crippen LogP contribution in [0.1, 0.15) is 40.2 Å². The summed E-state index contributed by atoms with van der Waals surface area (Å²) in [6, 6.07) is 15.7. The minimum atomic E-state index is -0.295. The van der Waals surface area contributed by atoms with Crippen molar-refractivity contribution >= 4 is 11.8 Å². The molecule has 3 aromatic rings. The number of aromatic nitrogens is 1. The standard InChI is InChI=1S/C27H30FN3O3/c1-18-16-24(19(2)31(18)23-10-8-21(28)9-11-23)27(33)29-22-12-14-30(15-13-22)26(32)17-20-6-4-5-7-25(20)34-3/h4-11,16,22H,12-15,17H2,1-3H3,(H,29,33). The summed E-state index contributed by atoms with van der Waals surface area (Å²) in [5.74, 6) is 0.366. The molecule has 1 aliphatic rings. The van der Waals surface area contributed by atoms with Gasteiger partial charge in [0, 0.05) is 41.8 Å². The summed E-state index contributed by atoms with van der Waals surface area (Å²) in [5, 5.41) is 3.13. The van der Waals surface area contributed by atoms with Crippen LogP contribution in [0.15, 0.2) is 54.6 Å². The fraction of sp³-hybridized carbons (Fsp3) is 0.333. The average molecular weight is 464 g/mol. The highest BCUT2D eigenvalue weighted by Gasteiger charge is 2.26. The Morgan fingerprint density at radius 1 is 1.06 bits per heavy atom. The fourth-order valence-corrected chi connectivity index (χ4v) is 4.64. The molecule has 1 aromatic heterocycles. The van der Waals surface area contributed by atoms with Gasteiger partial charge < -0.3 is 19.5 Å². The number of rotatable bonds is 6. The molecule has 34 heavy (non-hydrogen) atoms. The van der Waals surface area contributed by atoms with Crippen molar-refractivity contribution in [3.8, 4) is 11.4 Å². The molecule has 0 unspecified atom stereocenters.